The van der Waals surface area contributed by atoms with Gasteiger partial charge in [-0.2, -0.15) is 0 Å². The minimum atomic E-state index is -0.470. The summed E-state index contributed by atoms with van der Waals surface area (Å²) in [5.74, 6) is 0.225. The lowest BCUT2D eigenvalue weighted by Gasteiger charge is -2.09. The molecular weight excluding hydrogens is 381 g/mol. The fourth-order valence-corrected chi connectivity index (χ4v) is 2.37. The molecule has 2 aromatic carbocycles. The number of hydrogen-bond donors (Lipinski definition) is 0. The Kier molecular flexibility index (Phi) is 5.45. The van der Waals surface area contributed by atoms with Crippen molar-refractivity contribution in [2.24, 2.45) is 0 Å². The Labute approximate surface area is 139 Å². The molecule has 0 heterocycles. The summed E-state index contributed by atoms with van der Waals surface area (Å²) in [4.78, 5) is 10.5. The number of halogens is 3. The first kappa shape index (κ1) is 16.1. The molecule has 0 amide bonds. The van der Waals surface area contributed by atoms with E-state index in [0.717, 1.165) is 11.1 Å². The first-order valence-electron chi connectivity index (χ1n) is 5.91. The number of rotatable bonds is 5. The van der Waals surface area contributed by atoms with Gasteiger partial charge < -0.3 is 4.74 Å². The van der Waals surface area contributed by atoms with Crippen LogP contribution in [0.5, 0.6) is 5.75 Å². The molecule has 110 valence electrons. The first-order valence-corrected chi connectivity index (χ1v) is 7.79. The molecule has 0 unspecified atom stereocenters. The topological polar surface area (TPSA) is 52.4 Å². The van der Waals surface area contributed by atoms with Gasteiger partial charge in [-0.15, -0.1) is 0 Å². The Morgan fingerprint density at radius 1 is 1.10 bits per heavy atom. The van der Waals surface area contributed by atoms with Gasteiger partial charge in [0.2, 0.25) is 0 Å². The fourth-order valence-electron chi connectivity index (χ4n) is 1.70. The number of ether oxygens (including phenoxy) is 1. The van der Waals surface area contributed by atoms with Crippen LogP contribution in [0.3, 0.4) is 0 Å². The third-order valence-corrected chi connectivity index (χ3v) is 4.14. The lowest BCUT2D eigenvalue weighted by atomic mass is 10.2. The normalized spacial score (nSPS) is 10.4. The molecule has 4 nitrogen and oxygen atoms in total. The van der Waals surface area contributed by atoms with E-state index in [1.165, 1.54) is 6.07 Å². The zero-order chi connectivity index (χ0) is 15.4. The number of hydrogen-bond acceptors (Lipinski definition) is 3. The lowest BCUT2D eigenvalue weighted by Crippen LogP contribution is -2.00. The monoisotopic (exact) mass is 389 g/mol. The summed E-state index contributed by atoms with van der Waals surface area (Å²) in [7, 11) is 0. The van der Waals surface area contributed by atoms with Crippen molar-refractivity contribution in [3.05, 3.63) is 67.7 Å². The van der Waals surface area contributed by atoms with Crippen molar-refractivity contribution in [1.29, 1.82) is 0 Å². The number of benzene rings is 2. The summed E-state index contributed by atoms with van der Waals surface area (Å²) in [6.45, 7) is 0.170. The van der Waals surface area contributed by atoms with E-state index >= 15 is 0 Å². The number of alkyl halides is 1. The van der Waals surface area contributed by atoms with Gasteiger partial charge in [0.05, 0.1) is 15.0 Å². The van der Waals surface area contributed by atoms with Gasteiger partial charge in [-0.25, -0.2) is 0 Å². The van der Waals surface area contributed by atoms with Crippen LogP contribution in [-0.2, 0) is 11.9 Å². The summed E-state index contributed by atoms with van der Waals surface area (Å²) >= 11 is 15.1. The standard InChI is InChI=1S/C14H10BrCl2NO3/c15-7-9-2-4-13(18(19)20)14(6-9)21-8-10-1-3-11(16)12(17)5-10/h1-6H,7-8H2. The third kappa shape index (κ3) is 4.09. The molecule has 0 aromatic heterocycles. The van der Waals surface area contributed by atoms with E-state index in [2.05, 4.69) is 15.9 Å². The summed E-state index contributed by atoms with van der Waals surface area (Å²) in [6.07, 6.45) is 0. The molecule has 0 aliphatic rings. The Hall–Kier alpha value is -1.30. The van der Waals surface area contributed by atoms with E-state index in [0.29, 0.717) is 15.4 Å². The molecule has 0 radical (unpaired) electrons. The van der Waals surface area contributed by atoms with Gasteiger partial charge in [-0.3, -0.25) is 10.1 Å². The second-order valence-corrected chi connectivity index (χ2v) is 5.61. The molecule has 0 saturated carbocycles. The van der Waals surface area contributed by atoms with Gasteiger partial charge >= 0.3 is 5.69 Å². The maximum absolute atomic E-state index is 11.0. The highest BCUT2D eigenvalue weighted by Crippen LogP contribution is 2.30. The quantitative estimate of drug-likeness (QED) is 0.391. The molecule has 21 heavy (non-hydrogen) atoms. The van der Waals surface area contributed by atoms with Crippen molar-refractivity contribution in [3.63, 3.8) is 0 Å². The predicted octanol–water partition coefficient (Wildman–Crippen LogP) is 5.38. The van der Waals surface area contributed by atoms with Gasteiger partial charge in [0.25, 0.3) is 0 Å². The van der Waals surface area contributed by atoms with Crippen LogP contribution in [-0.4, -0.2) is 4.92 Å². The fraction of sp³-hybridized carbons (Fsp3) is 0.143. The average molecular weight is 391 g/mol. The summed E-state index contributed by atoms with van der Waals surface area (Å²) < 4.78 is 5.56. The SMILES string of the molecule is O=[N+]([O-])c1ccc(CBr)cc1OCc1ccc(Cl)c(Cl)c1. The molecule has 0 N–H and O–H groups in total. The summed E-state index contributed by atoms with van der Waals surface area (Å²) in [5, 5.41) is 12.5. The van der Waals surface area contributed by atoms with Crippen molar-refractivity contribution in [2.75, 3.05) is 0 Å². The Balaban J connectivity index is 2.21. The van der Waals surface area contributed by atoms with Gasteiger partial charge in [0.15, 0.2) is 5.75 Å². The highest BCUT2D eigenvalue weighted by molar-refractivity contribution is 9.08. The van der Waals surface area contributed by atoms with Crippen molar-refractivity contribution in [2.45, 2.75) is 11.9 Å². The van der Waals surface area contributed by atoms with Crippen molar-refractivity contribution in [1.82, 2.24) is 0 Å². The van der Waals surface area contributed by atoms with Crippen LogP contribution in [0.1, 0.15) is 11.1 Å². The Bertz CT molecular complexity index is 679. The van der Waals surface area contributed by atoms with E-state index in [4.69, 9.17) is 27.9 Å². The lowest BCUT2D eigenvalue weighted by molar-refractivity contribution is -0.386. The maximum atomic E-state index is 11.0. The molecule has 0 saturated heterocycles. The van der Waals surface area contributed by atoms with Gasteiger partial charge in [0, 0.05) is 11.4 Å². The predicted molar refractivity (Wildman–Crippen MR) is 86.5 cm³/mol. The van der Waals surface area contributed by atoms with Crippen LogP contribution < -0.4 is 4.74 Å². The van der Waals surface area contributed by atoms with E-state index in [9.17, 15) is 10.1 Å². The van der Waals surface area contributed by atoms with Crippen LogP contribution in [0.15, 0.2) is 36.4 Å². The second-order valence-electron chi connectivity index (χ2n) is 4.23. The van der Waals surface area contributed by atoms with E-state index < -0.39 is 4.92 Å². The van der Waals surface area contributed by atoms with Crippen molar-refractivity contribution in [3.8, 4) is 5.75 Å². The van der Waals surface area contributed by atoms with E-state index in [1.807, 2.05) is 0 Å². The van der Waals surface area contributed by atoms with Crippen LogP contribution in [0.25, 0.3) is 0 Å². The third-order valence-electron chi connectivity index (χ3n) is 2.75. The average Bonchev–Trinajstić information content (AvgIpc) is 2.48. The molecule has 0 aliphatic carbocycles. The smallest absolute Gasteiger partial charge is 0.310 e. The van der Waals surface area contributed by atoms with Crippen LogP contribution in [0.4, 0.5) is 5.69 Å². The molecule has 7 heteroatoms. The Morgan fingerprint density at radius 3 is 2.43 bits per heavy atom. The summed E-state index contributed by atoms with van der Waals surface area (Å²) in [5.41, 5.74) is 1.60. The highest BCUT2D eigenvalue weighted by atomic mass is 79.9. The van der Waals surface area contributed by atoms with E-state index in [1.54, 1.807) is 30.3 Å². The van der Waals surface area contributed by atoms with Gasteiger partial charge in [-0.1, -0.05) is 51.3 Å². The summed E-state index contributed by atoms with van der Waals surface area (Å²) in [6, 6.07) is 9.84. The minimum Gasteiger partial charge on any atom is -0.482 e. The van der Waals surface area contributed by atoms with Crippen molar-refractivity contribution < 1.29 is 9.66 Å². The maximum Gasteiger partial charge on any atom is 0.310 e. The molecule has 0 spiro atoms. The molecule has 0 fully saturated rings. The largest absolute Gasteiger partial charge is 0.482 e. The highest BCUT2D eigenvalue weighted by Gasteiger charge is 2.15. The molecular formula is C14H10BrCl2NO3. The van der Waals surface area contributed by atoms with Crippen LogP contribution in [0.2, 0.25) is 10.0 Å². The first-order chi connectivity index (χ1) is 10.0. The van der Waals surface area contributed by atoms with Crippen LogP contribution >= 0.6 is 39.1 Å². The van der Waals surface area contributed by atoms with Crippen molar-refractivity contribution >= 4 is 44.8 Å². The number of nitro benzene ring substituents is 1. The zero-order valence-corrected chi connectivity index (χ0v) is 13.8. The molecule has 2 rings (SSSR count). The number of nitro groups is 1. The van der Waals surface area contributed by atoms with Gasteiger partial charge in [-0.05, 0) is 29.3 Å². The Morgan fingerprint density at radius 2 is 1.81 bits per heavy atom. The minimum absolute atomic E-state index is 0.0697. The molecule has 0 atom stereocenters. The second kappa shape index (κ2) is 7.11. The van der Waals surface area contributed by atoms with E-state index in [-0.39, 0.29) is 18.0 Å². The number of nitrogens with zero attached hydrogens (tertiary/aromatic N) is 1. The zero-order valence-electron chi connectivity index (χ0n) is 10.7. The molecule has 0 bridgehead atoms. The molecule has 0 aliphatic heterocycles. The van der Waals surface area contributed by atoms with Crippen LogP contribution in [0, 0.1) is 10.1 Å². The van der Waals surface area contributed by atoms with Gasteiger partial charge in [0.1, 0.15) is 6.61 Å². The molecule has 2 aromatic rings.